The highest BCUT2D eigenvalue weighted by atomic mass is 16.5. The lowest BCUT2D eigenvalue weighted by molar-refractivity contribution is 0.415. The minimum Gasteiger partial charge on any atom is -0.497 e. The molecule has 2 N–H and O–H groups in total. The molecule has 0 fully saturated rings. The molecule has 2 aromatic carbocycles. The van der Waals surface area contributed by atoms with Crippen molar-refractivity contribution in [2.75, 3.05) is 7.11 Å². The molecular formula is C16H19NO. The fourth-order valence-corrected chi connectivity index (χ4v) is 2.05. The number of hydrogen-bond donors (Lipinski definition) is 1. The van der Waals surface area contributed by atoms with Crippen molar-refractivity contribution in [3.8, 4) is 16.9 Å². The Balaban J connectivity index is 2.32. The lowest BCUT2D eigenvalue weighted by Crippen LogP contribution is -2.17. The van der Waals surface area contributed by atoms with Gasteiger partial charge in [0.15, 0.2) is 0 Å². The Morgan fingerprint density at radius 2 is 1.72 bits per heavy atom. The van der Waals surface area contributed by atoms with E-state index in [2.05, 4.69) is 30.3 Å². The van der Waals surface area contributed by atoms with Gasteiger partial charge in [-0.2, -0.15) is 0 Å². The summed E-state index contributed by atoms with van der Waals surface area (Å²) >= 11 is 0. The zero-order chi connectivity index (χ0) is 13.0. The summed E-state index contributed by atoms with van der Waals surface area (Å²) in [7, 11) is 1.69. The fraction of sp³-hybridized carbons (Fsp3) is 0.250. The van der Waals surface area contributed by atoms with E-state index in [9.17, 15) is 0 Å². The molecule has 18 heavy (non-hydrogen) atoms. The van der Waals surface area contributed by atoms with E-state index in [1.807, 2.05) is 25.1 Å². The molecule has 0 saturated heterocycles. The molecule has 2 aromatic rings. The van der Waals surface area contributed by atoms with Crippen LogP contribution in [0.5, 0.6) is 5.75 Å². The summed E-state index contributed by atoms with van der Waals surface area (Å²) in [6.45, 7) is 2.03. The third kappa shape index (κ3) is 3.11. The van der Waals surface area contributed by atoms with Crippen LogP contribution in [0.15, 0.2) is 48.5 Å². The van der Waals surface area contributed by atoms with Crippen LogP contribution >= 0.6 is 0 Å². The first-order valence-corrected chi connectivity index (χ1v) is 6.18. The Labute approximate surface area is 108 Å². The molecule has 0 bridgehead atoms. The van der Waals surface area contributed by atoms with Crippen LogP contribution in [0.25, 0.3) is 11.1 Å². The van der Waals surface area contributed by atoms with E-state index in [4.69, 9.17) is 10.5 Å². The fourth-order valence-electron chi connectivity index (χ4n) is 2.05. The van der Waals surface area contributed by atoms with Gasteiger partial charge >= 0.3 is 0 Å². The molecule has 0 aliphatic carbocycles. The van der Waals surface area contributed by atoms with Crippen molar-refractivity contribution < 1.29 is 4.74 Å². The highest BCUT2D eigenvalue weighted by Crippen LogP contribution is 2.24. The average Bonchev–Trinajstić information content (AvgIpc) is 2.38. The van der Waals surface area contributed by atoms with Crippen LogP contribution in [-0.2, 0) is 6.42 Å². The maximum Gasteiger partial charge on any atom is 0.119 e. The number of methoxy groups -OCH3 is 1. The van der Waals surface area contributed by atoms with Gasteiger partial charge in [-0.15, -0.1) is 0 Å². The van der Waals surface area contributed by atoms with Gasteiger partial charge in [-0.25, -0.2) is 0 Å². The first-order valence-electron chi connectivity index (χ1n) is 6.18. The third-order valence-electron chi connectivity index (χ3n) is 2.89. The zero-order valence-corrected chi connectivity index (χ0v) is 10.9. The molecule has 0 aliphatic rings. The molecule has 0 radical (unpaired) electrons. The number of ether oxygens (including phenoxy) is 1. The normalized spacial score (nSPS) is 12.2. The standard InChI is InChI=1S/C16H19NO/c1-12(17)9-13-5-3-6-14(10-13)15-7-4-8-16(11-15)18-2/h3-8,10-12H,9,17H2,1-2H3. The van der Waals surface area contributed by atoms with E-state index in [1.165, 1.54) is 16.7 Å². The molecule has 1 atom stereocenters. The van der Waals surface area contributed by atoms with Crippen LogP contribution < -0.4 is 10.5 Å². The van der Waals surface area contributed by atoms with Crippen LogP contribution in [0.1, 0.15) is 12.5 Å². The van der Waals surface area contributed by atoms with Crippen LogP contribution in [-0.4, -0.2) is 13.2 Å². The predicted octanol–water partition coefficient (Wildman–Crippen LogP) is 3.25. The minimum absolute atomic E-state index is 0.186. The molecule has 0 spiro atoms. The molecule has 2 heteroatoms. The molecule has 0 aliphatic heterocycles. The summed E-state index contributed by atoms with van der Waals surface area (Å²) in [5.74, 6) is 0.880. The maximum absolute atomic E-state index is 5.84. The highest BCUT2D eigenvalue weighted by Gasteiger charge is 2.02. The Kier molecular flexibility index (Phi) is 4.00. The number of nitrogens with two attached hydrogens (primary N) is 1. The van der Waals surface area contributed by atoms with Crippen LogP contribution in [0, 0.1) is 0 Å². The smallest absolute Gasteiger partial charge is 0.119 e. The lowest BCUT2D eigenvalue weighted by Gasteiger charge is -2.09. The van der Waals surface area contributed by atoms with E-state index in [1.54, 1.807) is 7.11 Å². The SMILES string of the molecule is COc1cccc(-c2cccc(CC(C)N)c2)c1. The second-order valence-corrected chi connectivity index (χ2v) is 4.61. The average molecular weight is 241 g/mol. The van der Waals surface area contributed by atoms with Gasteiger partial charge in [0.2, 0.25) is 0 Å². The molecule has 0 saturated carbocycles. The van der Waals surface area contributed by atoms with Gasteiger partial charge in [0.1, 0.15) is 5.75 Å². The summed E-state index contributed by atoms with van der Waals surface area (Å²) in [5.41, 5.74) is 9.48. The van der Waals surface area contributed by atoms with Gasteiger partial charge in [-0.1, -0.05) is 36.4 Å². The van der Waals surface area contributed by atoms with Gasteiger partial charge in [-0.05, 0) is 42.2 Å². The summed E-state index contributed by atoms with van der Waals surface area (Å²) < 4.78 is 5.25. The largest absolute Gasteiger partial charge is 0.497 e. The van der Waals surface area contributed by atoms with Gasteiger partial charge in [0.25, 0.3) is 0 Å². The van der Waals surface area contributed by atoms with Gasteiger partial charge in [-0.3, -0.25) is 0 Å². The van der Waals surface area contributed by atoms with E-state index in [-0.39, 0.29) is 6.04 Å². The van der Waals surface area contributed by atoms with Gasteiger partial charge in [0.05, 0.1) is 7.11 Å². The Morgan fingerprint density at radius 3 is 2.39 bits per heavy atom. The molecule has 1 unspecified atom stereocenters. The minimum atomic E-state index is 0.186. The first-order chi connectivity index (χ1) is 8.69. The van der Waals surface area contributed by atoms with Crippen LogP contribution in [0.2, 0.25) is 0 Å². The maximum atomic E-state index is 5.84. The molecular weight excluding hydrogens is 222 g/mol. The van der Waals surface area contributed by atoms with Crippen molar-refractivity contribution in [1.82, 2.24) is 0 Å². The summed E-state index contributed by atoms with van der Waals surface area (Å²) in [4.78, 5) is 0. The lowest BCUT2D eigenvalue weighted by atomic mass is 10.00. The molecule has 2 nitrogen and oxygen atoms in total. The van der Waals surface area contributed by atoms with E-state index < -0.39 is 0 Å². The molecule has 2 rings (SSSR count). The molecule has 0 amide bonds. The topological polar surface area (TPSA) is 35.2 Å². The van der Waals surface area contributed by atoms with Gasteiger partial charge in [0, 0.05) is 6.04 Å². The van der Waals surface area contributed by atoms with Crippen LogP contribution in [0.4, 0.5) is 0 Å². The molecule has 0 aromatic heterocycles. The summed E-state index contributed by atoms with van der Waals surface area (Å²) in [5, 5.41) is 0. The molecule has 0 heterocycles. The van der Waals surface area contributed by atoms with E-state index in [0.717, 1.165) is 12.2 Å². The van der Waals surface area contributed by atoms with Crippen molar-refractivity contribution in [3.05, 3.63) is 54.1 Å². The number of rotatable bonds is 4. The third-order valence-corrected chi connectivity index (χ3v) is 2.89. The monoisotopic (exact) mass is 241 g/mol. The summed E-state index contributed by atoms with van der Waals surface area (Å²) in [6, 6.07) is 16.8. The Morgan fingerprint density at radius 1 is 1.06 bits per heavy atom. The Hall–Kier alpha value is -1.80. The van der Waals surface area contributed by atoms with E-state index >= 15 is 0 Å². The van der Waals surface area contributed by atoms with Crippen molar-refractivity contribution in [3.63, 3.8) is 0 Å². The van der Waals surface area contributed by atoms with Crippen molar-refractivity contribution in [2.45, 2.75) is 19.4 Å². The van der Waals surface area contributed by atoms with Gasteiger partial charge < -0.3 is 10.5 Å². The quantitative estimate of drug-likeness (QED) is 0.891. The second kappa shape index (κ2) is 5.69. The van der Waals surface area contributed by atoms with Crippen molar-refractivity contribution in [1.29, 1.82) is 0 Å². The summed E-state index contributed by atoms with van der Waals surface area (Å²) in [6.07, 6.45) is 0.901. The van der Waals surface area contributed by atoms with Crippen molar-refractivity contribution in [2.24, 2.45) is 5.73 Å². The molecule has 94 valence electrons. The number of hydrogen-bond acceptors (Lipinski definition) is 2. The Bertz CT molecular complexity index is 520. The highest BCUT2D eigenvalue weighted by molar-refractivity contribution is 5.65. The number of benzene rings is 2. The van der Waals surface area contributed by atoms with Crippen LogP contribution in [0.3, 0.4) is 0 Å². The zero-order valence-electron chi connectivity index (χ0n) is 10.9. The van der Waals surface area contributed by atoms with E-state index in [0.29, 0.717) is 0 Å². The predicted molar refractivity (Wildman–Crippen MR) is 75.8 cm³/mol. The van der Waals surface area contributed by atoms with Crippen molar-refractivity contribution >= 4 is 0 Å². The first kappa shape index (κ1) is 12.7. The second-order valence-electron chi connectivity index (χ2n) is 4.61.